The number of amides is 1. The van der Waals surface area contributed by atoms with E-state index in [4.69, 9.17) is 9.85 Å². The first-order chi connectivity index (χ1) is 8.74. The van der Waals surface area contributed by atoms with Crippen molar-refractivity contribution in [2.75, 3.05) is 0 Å². The van der Waals surface area contributed by atoms with E-state index in [9.17, 15) is 9.59 Å². The third kappa shape index (κ3) is 1.60. The second-order valence-corrected chi connectivity index (χ2v) is 3.98. The number of hydrogen-bond acceptors (Lipinski definition) is 3. The Kier molecular flexibility index (Phi) is 1.75. The molecule has 2 N–H and O–H groups in total. The molecule has 1 heterocycles. The van der Waals surface area contributed by atoms with Crippen molar-refractivity contribution in [3.63, 3.8) is 0 Å². The summed E-state index contributed by atoms with van der Waals surface area (Å²) < 4.78 is 21.2. The van der Waals surface area contributed by atoms with E-state index in [2.05, 4.69) is 4.98 Å². The summed E-state index contributed by atoms with van der Waals surface area (Å²) in [5.41, 5.74) is 5.42. The number of carbonyl (C=O) groups is 2. The molecular formula is C12H14N2O2. The largest absolute Gasteiger partial charge is 0.369 e. The fraction of sp³-hybridized carbons (Fsp3) is 0.417. The molecule has 0 atom stereocenters. The van der Waals surface area contributed by atoms with Crippen molar-refractivity contribution < 1.29 is 13.7 Å². The maximum atomic E-state index is 11.7. The number of hydrogen-bond donors (Lipinski definition) is 1. The lowest BCUT2D eigenvalue weighted by molar-refractivity contribution is -0.120. The van der Waals surface area contributed by atoms with Gasteiger partial charge in [0, 0.05) is 22.3 Å². The zero-order chi connectivity index (χ0) is 14.3. The van der Waals surface area contributed by atoms with Gasteiger partial charge in [0.2, 0.25) is 5.91 Å². The monoisotopic (exact) mass is 221 g/mol. The van der Waals surface area contributed by atoms with Crippen LogP contribution in [-0.2, 0) is 10.2 Å². The summed E-state index contributed by atoms with van der Waals surface area (Å²) in [6, 6.07) is 3.07. The summed E-state index contributed by atoms with van der Waals surface area (Å²) in [7, 11) is 0. The summed E-state index contributed by atoms with van der Waals surface area (Å²) in [6.45, 7) is -2.29. The van der Waals surface area contributed by atoms with Crippen LogP contribution in [0, 0.1) is 0 Å². The van der Waals surface area contributed by atoms with Crippen molar-refractivity contribution in [3.05, 3.63) is 29.6 Å². The highest BCUT2D eigenvalue weighted by Gasteiger charge is 2.51. The van der Waals surface area contributed by atoms with E-state index in [1.54, 1.807) is 6.07 Å². The minimum absolute atomic E-state index is 0.236. The van der Waals surface area contributed by atoms with Gasteiger partial charge in [0.15, 0.2) is 5.78 Å². The van der Waals surface area contributed by atoms with Crippen molar-refractivity contribution in [1.29, 1.82) is 0 Å². The van der Waals surface area contributed by atoms with Crippen LogP contribution < -0.4 is 5.73 Å². The first-order valence-electron chi connectivity index (χ1n) is 6.54. The molecule has 0 radical (unpaired) electrons. The van der Waals surface area contributed by atoms with E-state index in [1.165, 1.54) is 12.3 Å². The molecule has 84 valence electrons. The van der Waals surface area contributed by atoms with Gasteiger partial charge in [-0.1, -0.05) is 6.85 Å². The van der Waals surface area contributed by atoms with Crippen LogP contribution >= 0.6 is 0 Å². The lowest BCUT2D eigenvalue weighted by Crippen LogP contribution is -2.29. The normalized spacial score (nSPS) is 20.4. The standard InChI is InChI=1S/C12H14N2O2/c1-2-9(15)8-3-4-10(14-7-8)12(5-6-12)11(13)16/h3-4,7H,2,5-6H2,1H3,(H2,13,16)/i1D3. The van der Waals surface area contributed by atoms with Gasteiger partial charge in [-0.25, -0.2) is 0 Å². The van der Waals surface area contributed by atoms with Gasteiger partial charge in [-0.05, 0) is 25.0 Å². The molecule has 1 amide bonds. The lowest BCUT2D eigenvalue weighted by atomic mass is 10.00. The van der Waals surface area contributed by atoms with Gasteiger partial charge in [-0.2, -0.15) is 0 Å². The zero-order valence-corrected chi connectivity index (χ0v) is 8.69. The summed E-state index contributed by atoms with van der Waals surface area (Å²) in [6.07, 6.45) is 2.12. The van der Waals surface area contributed by atoms with E-state index in [0.717, 1.165) is 0 Å². The molecule has 16 heavy (non-hydrogen) atoms. The molecule has 0 unspecified atom stereocenters. The fourth-order valence-electron chi connectivity index (χ4n) is 1.70. The SMILES string of the molecule is [2H]C([2H])([2H])CC(=O)c1ccc(C2(C(N)=O)CC2)nc1. The highest BCUT2D eigenvalue weighted by atomic mass is 16.1. The van der Waals surface area contributed by atoms with Gasteiger partial charge >= 0.3 is 0 Å². The average molecular weight is 221 g/mol. The molecule has 1 aliphatic rings. The van der Waals surface area contributed by atoms with E-state index >= 15 is 0 Å². The van der Waals surface area contributed by atoms with Crippen molar-refractivity contribution in [3.8, 4) is 0 Å². The molecule has 0 aromatic carbocycles. The van der Waals surface area contributed by atoms with Gasteiger partial charge in [-0.3, -0.25) is 14.6 Å². The van der Waals surface area contributed by atoms with Crippen LogP contribution in [0.5, 0.6) is 0 Å². The van der Waals surface area contributed by atoms with Crippen molar-refractivity contribution >= 4 is 11.7 Å². The third-order valence-electron chi connectivity index (χ3n) is 2.96. The molecule has 0 saturated heterocycles. The Morgan fingerprint density at radius 3 is 2.75 bits per heavy atom. The van der Waals surface area contributed by atoms with Gasteiger partial charge in [0.1, 0.15) is 0 Å². The molecule has 1 fully saturated rings. The molecule has 1 saturated carbocycles. The van der Waals surface area contributed by atoms with Crippen LogP contribution in [0.1, 0.15) is 46.3 Å². The molecule has 4 heteroatoms. The molecule has 2 rings (SSSR count). The number of Topliss-reactive ketones (excluding diaryl/α,β-unsaturated/α-hetero) is 1. The van der Waals surface area contributed by atoms with Gasteiger partial charge in [0.05, 0.1) is 11.1 Å². The molecule has 1 aromatic heterocycles. The van der Waals surface area contributed by atoms with E-state index in [0.29, 0.717) is 18.5 Å². The van der Waals surface area contributed by atoms with Crippen LogP contribution in [0.4, 0.5) is 0 Å². The second-order valence-electron chi connectivity index (χ2n) is 3.98. The van der Waals surface area contributed by atoms with Crippen LogP contribution in [-0.4, -0.2) is 16.7 Å². The number of carbonyl (C=O) groups excluding carboxylic acids is 2. The number of rotatable bonds is 4. The van der Waals surface area contributed by atoms with Gasteiger partial charge in [0.25, 0.3) is 0 Å². The Morgan fingerprint density at radius 1 is 1.56 bits per heavy atom. The molecule has 1 aliphatic carbocycles. The maximum Gasteiger partial charge on any atom is 0.229 e. The Morgan fingerprint density at radius 2 is 2.31 bits per heavy atom. The third-order valence-corrected chi connectivity index (χ3v) is 2.96. The Bertz CT molecular complexity index is 519. The summed E-state index contributed by atoms with van der Waals surface area (Å²) in [4.78, 5) is 27.1. The summed E-state index contributed by atoms with van der Waals surface area (Å²) in [5, 5.41) is 0. The number of ketones is 1. The van der Waals surface area contributed by atoms with Crippen molar-refractivity contribution in [1.82, 2.24) is 4.98 Å². The summed E-state index contributed by atoms with van der Waals surface area (Å²) in [5.74, 6) is -0.899. The maximum absolute atomic E-state index is 11.7. The minimum atomic E-state index is -2.29. The number of primary amides is 1. The van der Waals surface area contributed by atoms with Gasteiger partial charge in [-0.15, -0.1) is 0 Å². The number of aromatic nitrogens is 1. The first kappa shape index (κ1) is 7.54. The van der Waals surface area contributed by atoms with Gasteiger partial charge < -0.3 is 5.73 Å². The number of pyridine rings is 1. The summed E-state index contributed by atoms with van der Waals surface area (Å²) >= 11 is 0. The zero-order valence-electron chi connectivity index (χ0n) is 11.7. The number of nitrogens with two attached hydrogens (primary N) is 1. The molecular weight excluding hydrogens is 204 g/mol. The van der Waals surface area contributed by atoms with Crippen molar-refractivity contribution in [2.45, 2.75) is 31.5 Å². The number of nitrogens with zero attached hydrogens (tertiary/aromatic N) is 1. The van der Waals surface area contributed by atoms with Crippen LogP contribution in [0.3, 0.4) is 0 Å². The smallest absolute Gasteiger partial charge is 0.229 e. The molecule has 0 spiro atoms. The molecule has 0 bridgehead atoms. The Balaban J connectivity index is 2.16. The predicted molar refractivity (Wildman–Crippen MR) is 59.0 cm³/mol. The second kappa shape index (κ2) is 3.70. The van der Waals surface area contributed by atoms with Crippen molar-refractivity contribution in [2.24, 2.45) is 5.73 Å². The molecule has 1 aromatic rings. The molecule has 4 nitrogen and oxygen atoms in total. The highest BCUT2D eigenvalue weighted by molar-refractivity contribution is 5.95. The van der Waals surface area contributed by atoms with Crippen LogP contribution in [0.15, 0.2) is 18.3 Å². The average Bonchev–Trinajstić information content (AvgIpc) is 3.08. The Labute approximate surface area is 98.1 Å². The van der Waals surface area contributed by atoms with E-state index in [1.807, 2.05) is 0 Å². The fourth-order valence-corrected chi connectivity index (χ4v) is 1.70. The van der Waals surface area contributed by atoms with Crippen LogP contribution in [0.25, 0.3) is 0 Å². The minimum Gasteiger partial charge on any atom is -0.369 e. The van der Waals surface area contributed by atoms with Crippen LogP contribution in [0.2, 0.25) is 0 Å². The predicted octanol–water partition coefficient (Wildman–Crippen LogP) is 1.19. The highest BCUT2D eigenvalue weighted by Crippen LogP contribution is 2.46. The quantitative estimate of drug-likeness (QED) is 0.776. The van der Waals surface area contributed by atoms with E-state index in [-0.39, 0.29) is 5.56 Å². The topological polar surface area (TPSA) is 73.1 Å². The Hall–Kier alpha value is -1.71. The van der Waals surface area contributed by atoms with E-state index < -0.39 is 30.4 Å². The molecule has 0 aliphatic heterocycles. The first-order valence-corrected chi connectivity index (χ1v) is 5.04. The lowest BCUT2D eigenvalue weighted by Gasteiger charge is -2.10.